The number of hydrogen-bond acceptors (Lipinski definition) is 5. The average Bonchev–Trinajstić information content (AvgIpc) is 3.04. The minimum atomic E-state index is -0.946. The highest BCUT2D eigenvalue weighted by molar-refractivity contribution is 5.96. The van der Waals surface area contributed by atoms with Crippen LogP contribution in [0.4, 0.5) is 5.69 Å². The fourth-order valence-electron chi connectivity index (χ4n) is 5.65. The fraction of sp³-hybridized carbons (Fsp3) is 0.297. The first-order chi connectivity index (χ1) is 21.4. The number of nitrogens with one attached hydrogen (secondary N) is 1. The lowest BCUT2D eigenvalue weighted by molar-refractivity contribution is -0.118. The lowest BCUT2D eigenvalue weighted by Crippen LogP contribution is -2.35. The molecule has 0 saturated heterocycles. The molecule has 0 bridgehead atoms. The van der Waals surface area contributed by atoms with E-state index in [1.807, 2.05) is 29.2 Å². The van der Waals surface area contributed by atoms with Crippen LogP contribution in [-0.2, 0) is 29.1 Å². The Morgan fingerprint density at radius 3 is 2.59 bits per heavy atom. The van der Waals surface area contributed by atoms with Crippen LogP contribution >= 0.6 is 0 Å². The number of aromatic carboxylic acids is 1. The van der Waals surface area contributed by atoms with Crippen LogP contribution in [0.25, 0.3) is 11.1 Å². The molecule has 1 aliphatic heterocycles. The minimum absolute atomic E-state index is 0.139. The van der Waals surface area contributed by atoms with Gasteiger partial charge in [-0.3, -0.25) is 10.1 Å². The maximum absolute atomic E-state index is 13.3. The number of fused-ring (bicyclic) bond motifs is 1. The van der Waals surface area contributed by atoms with E-state index in [1.54, 1.807) is 18.2 Å². The summed E-state index contributed by atoms with van der Waals surface area (Å²) < 4.78 is 11.7. The number of hydrogen-bond donors (Lipinski definition) is 2. The van der Waals surface area contributed by atoms with Gasteiger partial charge in [0, 0.05) is 25.2 Å². The van der Waals surface area contributed by atoms with E-state index in [0.717, 1.165) is 58.6 Å². The summed E-state index contributed by atoms with van der Waals surface area (Å²) in [6.45, 7) is 6.69. The molecule has 7 nitrogen and oxygen atoms in total. The van der Waals surface area contributed by atoms with Crippen molar-refractivity contribution in [2.24, 2.45) is 0 Å². The summed E-state index contributed by atoms with van der Waals surface area (Å²) in [5.41, 5.74) is 9.07. The molecule has 0 spiro atoms. The number of aryl methyl sites for hydroxylation is 1. The van der Waals surface area contributed by atoms with E-state index < -0.39 is 5.97 Å². The van der Waals surface area contributed by atoms with Gasteiger partial charge in [0.15, 0.2) is 0 Å². The Morgan fingerprint density at radius 2 is 1.73 bits per heavy atom. The van der Waals surface area contributed by atoms with Crippen molar-refractivity contribution in [3.63, 3.8) is 0 Å². The van der Waals surface area contributed by atoms with Crippen molar-refractivity contribution in [3.8, 4) is 16.9 Å². The van der Waals surface area contributed by atoms with Gasteiger partial charge in [0.25, 0.3) is 0 Å². The largest absolute Gasteiger partial charge is 0.493 e. The summed E-state index contributed by atoms with van der Waals surface area (Å²) in [6.07, 6.45) is 2.99. The van der Waals surface area contributed by atoms with E-state index in [0.29, 0.717) is 39.3 Å². The standard InChI is InChI=1S/C37H40N2O5/c1-26-9-3-17-35(27(26)2)44-20-8-18-36(40)39-19-7-15-33-32(14-6-16-34(33)39)30-12-4-10-28(21-30)23-38-25-43-24-29-11-5-13-31(22-29)37(41)42/h3-6,9-14,16-17,21-22,38H,7-8,15,18-20,23-25H2,1-2H3,(H,41,42). The molecule has 2 N–H and O–H groups in total. The molecule has 44 heavy (non-hydrogen) atoms. The summed E-state index contributed by atoms with van der Waals surface area (Å²) in [6, 6.07) is 27.5. The summed E-state index contributed by atoms with van der Waals surface area (Å²) in [7, 11) is 0. The van der Waals surface area contributed by atoms with Gasteiger partial charge in [-0.2, -0.15) is 0 Å². The SMILES string of the molecule is Cc1cccc(OCCCC(=O)N2CCCc3c(-c4cccc(CNCOCc5cccc(C(=O)O)c5)c4)cccc32)c1C. The van der Waals surface area contributed by atoms with Crippen molar-refractivity contribution in [2.75, 3.05) is 24.8 Å². The number of benzene rings is 4. The molecule has 0 aliphatic carbocycles. The Hall–Kier alpha value is -4.46. The molecule has 0 saturated carbocycles. The quantitative estimate of drug-likeness (QED) is 0.128. The van der Waals surface area contributed by atoms with Crippen LogP contribution in [-0.4, -0.2) is 36.9 Å². The van der Waals surface area contributed by atoms with E-state index in [4.69, 9.17) is 14.6 Å². The molecule has 1 aliphatic rings. The van der Waals surface area contributed by atoms with Crippen LogP contribution in [0.1, 0.15) is 57.4 Å². The topological polar surface area (TPSA) is 88.1 Å². The van der Waals surface area contributed by atoms with Crippen LogP contribution < -0.4 is 15.0 Å². The van der Waals surface area contributed by atoms with Crippen LogP contribution in [0.5, 0.6) is 5.75 Å². The van der Waals surface area contributed by atoms with Gasteiger partial charge in [-0.1, -0.05) is 54.6 Å². The molecule has 1 heterocycles. The molecule has 0 radical (unpaired) electrons. The maximum atomic E-state index is 13.3. The lowest BCUT2D eigenvalue weighted by Gasteiger charge is -2.31. The van der Waals surface area contributed by atoms with Crippen LogP contribution in [0, 0.1) is 13.8 Å². The molecule has 4 aromatic carbocycles. The van der Waals surface area contributed by atoms with Gasteiger partial charge in [-0.25, -0.2) is 4.79 Å². The average molecular weight is 593 g/mol. The van der Waals surface area contributed by atoms with Crippen molar-refractivity contribution >= 4 is 17.6 Å². The van der Waals surface area contributed by atoms with Crippen LogP contribution in [0.2, 0.25) is 0 Å². The van der Waals surface area contributed by atoms with Crippen molar-refractivity contribution in [1.29, 1.82) is 0 Å². The van der Waals surface area contributed by atoms with E-state index in [9.17, 15) is 9.59 Å². The van der Waals surface area contributed by atoms with Gasteiger partial charge in [-0.15, -0.1) is 0 Å². The molecular formula is C37H40N2O5. The van der Waals surface area contributed by atoms with Crippen molar-refractivity contribution < 1.29 is 24.2 Å². The van der Waals surface area contributed by atoms with Crippen molar-refractivity contribution in [2.45, 2.75) is 52.7 Å². The first-order valence-electron chi connectivity index (χ1n) is 15.2. The van der Waals surface area contributed by atoms with Crippen molar-refractivity contribution in [1.82, 2.24) is 5.32 Å². The summed E-state index contributed by atoms with van der Waals surface area (Å²) >= 11 is 0. The van der Waals surface area contributed by atoms with Gasteiger partial charge in [0.05, 0.1) is 25.5 Å². The number of nitrogens with zero attached hydrogens (tertiary/aromatic N) is 1. The number of amides is 1. The van der Waals surface area contributed by atoms with E-state index in [-0.39, 0.29) is 11.5 Å². The number of carbonyl (C=O) groups excluding carboxylic acids is 1. The maximum Gasteiger partial charge on any atom is 0.335 e. The number of carbonyl (C=O) groups is 2. The molecule has 4 aromatic rings. The zero-order valence-corrected chi connectivity index (χ0v) is 25.5. The Bertz CT molecular complexity index is 1620. The minimum Gasteiger partial charge on any atom is -0.493 e. The third kappa shape index (κ3) is 7.73. The molecule has 0 atom stereocenters. The second-order valence-electron chi connectivity index (χ2n) is 11.2. The molecule has 228 valence electrons. The smallest absolute Gasteiger partial charge is 0.335 e. The third-order valence-electron chi connectivity index (χ3n) is 8.11. The third-order valence-corrected chi connectivity index (χ3v) is 8.11. The van der Waals surface area contributed by atoms with Crippen LogP contribution in [0.3, 0.4) is 0 Å². The number of rotatable bonds is 13. The molecule has 0 unspecified atom stereocenters. The molecule has 0 fully saturated rings. The Labute approximate surface area is 259 Å². The van der Waals surface area contributed by atoms with Gasteiger partial charge in [0.1, 0.15) is 5.75 Å². The summed E-state index contributed by atoms with van der Waals surface area (Å²) in [5.74, 6) is 0.0810. The van der Waals surface area contributed by atoms with Gasteiger partial charge in [-0.05, 0) is 102 Å². The normalized spacial score (nSPS) is 12.5. The predicted octanol–water partition coefficient (Wildman–Crippen LogP) is 7.07. The number of anilines is 1. The first kappa shape index (κ1) is 31.0. The molecule has 7 heteroatoms. The molecule has 5 rings (SSSR count). The number of ether oxygens (including phenoxy) is 2. The Balaban J connectivity index is 1.16. The summed E-state index contributed by atoms with van der Waals surface area (Å²) in [4.78, 5) is 26.5. The van der Waals surface area contributed by atoms with E-state index in [1.165, 1.54) is 11.1 Å². The van der Waals surface area contributed by atoms with Gasteiger partial charge >= 0.3 is 5.97 Å². The fourth-order valence-corrected chi connectivity index (χ4v) is 5.65. The van der Waals surface area contributed by atoms with Crippen molar-refractivity contribution in [3.05, 3.63) is 118 Å². The highest BCUT2D eigenvalue weighted by atomic mass is 16.5. The number of carboxylic acids is 1. The second-order valence-corrected chi connectivity index (χ2v) is 11.2. The van der Waals surface area contributed by atoms with Gasteiger partial charge < -0.3 is 19.5 Å². The second kappa shape index (κ2) is 14.8. The van der Waals surface area contributed by atoms with E-state index >= 15 is 0 Å². The zero-order valence-electron chi connectivity index (χ0n) is 25.5. The summed E-state index contributed by atoms with van der Waals surface area (Å²) in [5, 5.41) is 12.5. The molecule has 1 amide bonds. The monoisotopic (exact) mass is 592 g/mol. The zero-order chi connectivity index (χ0) is 30.9. The first-order valence-corrected chi connectivity index (χ1v) is 15.2. The molecular weight excluding hydrogens is 552 g/mol. The highest BCUT2D eigenvalue weighted by Gasteiger charge is 2.24. The van der Waals surface area contributed by atoms with Gasteiger partial charge in [0.2, 0.25) is 5.91 Å². The number of carboxylic acid groups (broad SMARTS) is 1. The Morgan fingerprint density at radius 1 is 0.932 bits per heavy atom. The van der Waals surface area contributed by atoms with E-state index in [2.05, 4.69) is 61.6 Å². The highest BCUT2D eigenvalue weighted by Crippen LogP contribution is 2.36. The lowest BCUT2D eigenvalue weighted by atomic mass is 9.91. The predicted molar refractivity (Wildman–Crippen MR) is 173 cm³/mol. The van der Waals surface area contributed by atoms with Crippen LogP contribution in [0.15, 0.2) is 84.9 Å². The Kier molecular flexibility index (Phi) is 10.4. The molecule has 0 aromatic heterocycles.